The molecule has 40 heavy (non-hydrogen) atoms. The van der Waals surface area contributed by atoms with Gasteiger partial charge < -0.3 is 19.6 Å². The summed E-state index contributed by atoms with van der Waals surface area (Å²) in [5, 5.41) is 9.39. The number of halogens is 3. The van der Waals surface area contributed by atoms with Crippen LogP contribution in [0.15, 0.2) is 42.5 Å². The highest BCUT2D eigenvalue weighted by molar-refractivity contribution is 5.87. The summed E-state index contributed by atoms with van der Waals surface area (Å²) in [7, 11) is 0. The van der Waals surface area contributed by atoms with E-state index >= 15 is 0 Å². The second-order valence-corrected chi connectivity index (χ2v) is 12.1. The molecule has 3 aliphatic rings. The molecule has 0 radical (unpaired) electrons. The maximum absolute atomic E-state index is 14.0. The van der Waals surface area contributed by atoms with Gasteiger partial charge in [-0.15, -0.1) is 0 Å². The van der Waals surface area contributed by atoms with E-state index in [1.165, 1.54) is 6.07 Å². The van der Waals surface area contributed by atoms with Gasteiger partial charge in [-0.2, -0.15) is 13.2 Å². The Morgan fingerprint density at radius 3 is 2.58 bits per heavy atom. The lowest BCUT2D eigenvalue weighted by molar-refractivity contribution is -0.150. The molecule has 1 saturated heterocycles. The Kier molecular flexibility index (Phi) is 7.63. The van der Waals surface area contributed by atoms with Crippen molar-refractivity contribution in [2.45, 2.75) is 71.1 Å². The van der Waals surface area contributed by atoms with Crippen molar-refractivity contribution in [3.05, 3.63) is 64.7 Å². The number of likely N-dealkylation sites (tertiary alicyclic amines) is 1. The highest BCUT2D eigenvalue weighted by Crippen LogP contribution is 2.49. The quantitative estimate of drug-likeness (QED) is 0.460. The number of hydrogen-bond donors (Lipinski definition) is 1. The lowest BCUT2D eigenvalue weighted by atomic mass is 9.74. The van der Waals surface area contributed by atoms with Gasteiger partial charge in [0, 0.05) is 18.2 Å². The first kappa shape index (κ1) is 28.5. The molecular weight excluding hydrogens is 521 g/mol. The maximum atomic E-state index is 14.0. The van der Waals surface area contributed by atoms with Gasteiger partial charge >= 0.3 is 12.1 Å². The smallest absolute Gasteiger partial charge is 0.416 e. The zero-order chi connectivity index (χ0) is 28.8. The summed E-state index contributed by atoms with van der Waals surface area (Å²) in [6, 6.07) is 10.9. The van der Waals surface area contributed by atoms with Crippen molar-refractivity contribution in [2.24, 2.45) is 17.3 Å². The fourth-order valence-corrected chi connectivity index (χ4v) is 7.10. The second kappa shape index (κ2) is 10.7. The van der Waals surface area contributed by atoms with E-state index in [1.807, 2.05) is 12.1 Å². The number of alkyl halides is 3. The van der Waals surface area contributed by atoms with Gasteiger partial charge in [-0.3, -0.25) is 4.79 Å². The molecule has 4 atom stereocenters. The molecule has 0 bridgehead atoms. The van der Waals surface area contributed by atoms with Crippen LogP contribution in [0.4, 0.5) is 13.2 Å². The first-order valence-electron chi connectivity index (χ1n) is 14.1. The molecule has 2 aromatic rings. The standard InChI is InChI=1S/C31H37F3N2O4/c1-19(2)30(29(39)36-17-23-14-24(31(32,33)34)7-8-27(23)40-18-36)11-9-25(15-30)35-12-10-26(20(3)16-35)21-5-4-6-22(13-21)28(37)38/h4-8,13-14,19-20,25-26H,9-12,15-18H2,1-3H3,(H,37,38)/t20-,25?,26?,30?/m0/s1. The predicted octanol–water partition coefficient (Wildman–Crippen LogP) is 6.40. The van der Waals surface area contributed by atoms with Gasteiger partial charge in [-0.1, -0.05) is 32.9 Å². The lowest BCUT2D eigenvalue weighted by Gasteiger charge is -2.42. The molecule has 1 aliphatic carbocycles. The van der Waals surface area contributed by atoms with Crippen molar-refractivity contribution in [2.75, 3.05) is 19.8 Å². The van der Waals surface area contributed by atoms with Crippen molar-refractivity contribution in [3.8, 4) is 5.75 Å². The van der Waals surface area contributed by atoms with E-state index in [2.05, 4.69) is 25.7 Å². The molecule has 0 aromatic heterocycles. The summed E-state index contributed by atoms with van der Waals surface area (Å²) in [6.07, 6.45) is -1.21. The highest BCUT2D eigenvalue weighted by Gasteiger charge is 2.51. The maximum Gasteiger partial charge on any atom is 0.416 e. The third-order valence-electron chi connectivity index (χ3n) is 9.48. The SMILES string of the molecule is CC(C)C1(C(=O)N2COc3ccc(C(F)(F)F)cc3C2)CCC(N2CCC(c3cccc(C(=O)O)c3)[C@@H](C)C2)C1. The largest absolute Gasteiger partial charge is 0.478 e. The monoisotopic (exact) mass is 558 g/mol. The zero-order valence-electron chi connectivity index (χ0n) is 23.2. The minimum atomic E-state index is -4.46. The number of nitrogens with zero attached hydrogens (tertiary/aromatic N) is 2. The van der Waals surface area contributed by atoms with E-state index in [4.69, 9.17) is 4.74 Å². The zero-order valence-corrected chi connectivity index (χ0v) is 23.2. The molecule has 6 nitrogen and oxygen atoms in total. The number of amides is 1. The molecule has 9 heteroatoms. The summed E-state index contributed by atoms with van der Waals surface area (Å²) in [6.45, 7) is 8.21. The van der Waals surface area contributed by atoms with Crippen LogP contribution < -0.4 is 4.74 Å². The van der Waals surface area contributed by atoms with E-state index in [9.17, 15) is 27.9 Å². The number of rotatable bonds is 5. The number of ether oxygens (including phenoxy) is 1. The van der Waals surface area contributed by atoms with Gasteiger partial charge in [0.2, 0.25) is 5.91 Å². The second-order valence-electron chi connectivity index (χ2n) is 12.1. The summed E-state index contributed by atoms with van der Waals surface area (Å²) in [5.74, 6) is 0.114. The van der Waals surface area contributed by atoms with Crippen LogP contribution in [0.25, 0.3) is 0 Å². The van der Waals surface area contributed by atoms with Crippen LogP contribution in [-0.4, -0.2) is 52.6 Å². The number of fused-ring (bicyclic) bond motifs is 1. The molecule has 216 valence electrons. The van der Waals surface area contributed by atoms with Gasteiger partial charge in [0.25, 0.3) is 0 Å². The summed E-state index contributed by atoms with van der Waals surface area (Å²) in [4.78, 5) is 29.5. The Bertz CT molecular complexity index is 1280. The van der Waals surface area contributed by atoms with Gasteiger partial charge in [-0.25, -0.2) is 4.79 Å². The molecule has 3 unspecified atom stereocenters. The number of piperidine rings is 1. The molecule has 1 saturated carbocycles. The third kappa shape index (κ3) is 5.32. The van der Waals surface area contributed by atoms with Crippen molar-refractivity contribution in [1.29, 1.82) is 0 Å². The van der Waals surface area contributed by atoms with Gasteiger partial charge in [0.15, 0.2) is 6.73 Å². The van der Waals surface area contributed by atoms with Crippen LogP contribution in [0.2, 0.25) is 0 Å². The number of carboxylic acid groups (broad SMARTS) is 1. The highest BCUT2D eigenvalue weighted by atomic mass is 19.4. The average Bonchev–Trinajstić information content (AvgIpc) is 3.38. The molecule has 1 amide bonds. The van der Waals surface area contributed by atoms with E-state index < -0.39 is 23.1 Å². The summed E-state index contributed by atoms with van der Waals surface area (Å²) < 4.78 is 45.6. The molecule has 2 fully saturated rings. The first-order valence-corrected chi connectivity index (χ1v) is 14.1. The number of carboxylic acids is 1. The fourth-order valence-electron chi connectivity index (χ4n) is 7.10. The summed E-state index contributed by atoms with van der Waals surface area (Å²) >= 11 is 0. The number of carbonyl (C=O) groups is 2. The third-order valence-corrected chi connectivity index (χ3v) is 9.48. The molecule has 5 rings (SSSR count). The molecule has 2 aromatic carbocycles. The lowest BCUT2D eigenvalue weighted by Crippen LogP contribution is -2.49. The van der Waals surface area contributed by atoms with E-state index in [-0.39, 0.29) is 37.1 Å². The van der Waals surface area contributed by atoms with Crippen LogP contribution >= 0.6 is 0 Å². The minimum absolute atomic E-state index is 0.0359. The van der Waals surface area contributed by atoms with Gasteiger partial charge in [0.1, 0.15) is 5.75 Å². The summed E-state index contributed by atoms with van der Waals surface area (Å²) in [5.41, 5.74) is 0.413. The Balaban J connectivity index is 1.28. The number of aromatic carboxylic acids is 1. The predicted molar refractivity (Wildman–Crippen MR) is 144 cm³/mol. The van der Waals surface area contributed by atoms with Crippen molar-refractivity contribution >= 4 is 11.9 Å². The number of carbonyl (C=O) groups excluding carboxylic acids is 1. The topological polar surface area (TPSA) is 70.1 Å². The van der Waals surface area contributed by atoms with Crippen molar-refractivity contribution < 1.29 is 32.6 Å². The van der Waals surface area contributed by atoms with E-state index in [0.29, 0.717) is 29.2 Å². The molecular formula is C31H37F3N2O4. The molecule has 2 aliphatic heterocycles. The van der Waals surface area contributed by atoms with E-state index in [0.717, 1.165) is 50.0 Å². The minimum Gasteiger partial charge on any atom is -0.478 e. The fraction of sp³-hybridized carbons (Fsp3) is 0.548. The van der Waals surface area contributed by atoms with Gasteiger partial charge in [-0.05, 0) is 85.9 Å². The number of hydrogen-bond acceptors (Lipinski definition) is 4. The normalized spacial score (nSPS) is 27.4. The Labute approximate surface area is 233 Å². The Hall–Kier alpha value is -3.07. The van der Waals surface area contributed by atoms with Crippen LogP contribution in [-0.2, 0) is 17.5 Å². The van der Waals surface area contributed by atoms with Gasteiger partial charge in [0.05, 0.1) is 23.1 Å². The van der Waals surface area contributed by atoms with E-state index in [1.54, 1.807) is 17.0 Å². The number of benzene rings is 2. The molecule has 0 spiro atoms. The van der Waals surface area contributed by atoms with Crippen LogP contribution in [0.3, 0.4) is 0 Å². The average molecular weight is 559 g/mol. The Morgan fingerprint density at radius 2 is 1.90 bits per heavy atom. The molecule has 1 N–H and O–H groups in total. The Morgan fingerprint density at radius 1 is 1.12 bits per heavy atom. The van der Waals surface area contributed by atoms with Crippen LogP contribution in [0.1, 0.15) is 79.4 Å². The van der Waals surface area contributed by atoms with Crippen LogP contribution in [0.5, 0.6) is 5.75 Å². The van der Waals surface area contributed by atoms with Crippen molar-refractivity contribution in [3.63, 3.8) is 0 Å². The van der Waals surface area contributed by atoms with Crippen molar-refractivity contribution in [1.82, 2.24) is 9.80 Å². The molecule has 2 heterocycles. The van der Waals surface area contributed by atoms with Crippen LogP contribution in [0, 0.1) is 17.3 Å². The first-order chi connectivity index (χ1) is 18.9.